The molecule has 1 rings (SSSR count). The van der Waals surface area contributed by atoms with Gasteiger partial charge in [-0.3, -0.25) is 0 Å². The molecule has 0 spiro atoms. The first kappa shape index (κ1) is 13.4. The van der Waals surface area contributed by atoms with E-state index < -0.39 is 11.7 Å². The number of alkyl halides is 3. The molecule has 1 atom stereocenters. The van der Waals surface area contributed by atoms with Crippen LogP contribution in [-0.2, 0) is 12.6 Å². The van der Waals surface area contributed by atoms with E-state index in [9.17, 15) is 13.2 Å². The molecule has 0 radical (unpaired) electrons. The molecule has 0 aliphatic heterocycles. The molecule has 0 aliphatic carbocycles. The molecule has 14 heavy (non-hydrogen) atoms. The summed E-state index contributed by atoms with van der Waals surface area (Å²) in [6, 6.07) is 5.23. The third-order valence-corrected chi connectivity index (χ3v) is 1.69. The minimum atomic E-state index is -4.22. The van der Waals surface area contributed by atoms with Gasteiger partial charge < -0.3 is 0 Å². The Hall–Kier alpha value is -0.560. The fourth-order valence-corrected chi connectivity index (χ4v) is 0.929. The van der Waals surface area contributed by atoms with Crippen molar-refractivity contribution in [1.29, 1.82) is 0 Å². The molecule has 0 aromatic heterocycles. The van der Waals surface area contributed by atoms with Crippen LogP contribution in [0.1, 0.15) is 18.1 Å². The summed E-state index contributed by atoms with van der Waals surface area (Å²) in [6.45, 7) is 3.82. The quantitative estimate of drug-likeness (QED) is 0.634. The monoisotopic (exact) mass is 222 g/mol. The zero-order valence-electron chi connectivity index (χ0n) is 8.23. The summed E-state index contributed by atoms with van der Waals surface area (Å²) in [5, 5.41) is 0. The molecular weight excluding hydrogens is 208 g/mol. The van der Waals surface area contributed by atoms with Crippen LogP contribution in [-0.4, -0.2) is 6.66 Å². The maximum atomic E-state index is 12.0. The van der Waals surface area contributed by atoms with Gasteiger partial charge in [-0.15, -0.1) is 9.24 Å². The summed E-state index contributed by atoms with van der Waals surface area (Å²) in [6.07, 6.45) is -3.45. The van der Waals surface area contributed by atoms with Gasteiger partial charge in [0.1, 0.15) is 0 Å². The highest BCUT2D eigenvalue weighted by molar-refractivity contribution is 7.15. The maximum Gasteiger partial charge on any atom is 0.416 e. The Morgan fingerprint density at radius 1 is 1.07 bits per heavy atom. The van der Waals surface area contributed by atoms with Crippen molar-refractivity contribution >= 4 is 9.24 Å². The Kier molecular flexibility index (Phi) is 5.78. The first-order chi connectivity index (χ1) is 6.54. The molecule has 0 nitrogen and oxygen atoms in total. The van der Waals surface area contributed by atoms with E-state index >= 15 is 0 Å². The van der Waals surface area contributed by atoms with E-state index in [0.717, 1.165) is 24.1 Å². The molecule has 1 unspecified atom stereocenters. The lowest BCUT2D eigenvalue weighted by atomic mass is 10.1. The van der Waals surface area contributed by atoms with E-state index in [1.54, 1.807) is 0 Å². The van der Waals surface area contributed by atoms with Gasteiger partial charge in [-0.2, -0.15) is 13.2 Å². The van der Waals surface area contributed by atoms with Gasteiger partial charge in [0, 0.05) is 0 Å². The van der Waals surface area contributed by atoms with Gasteiger partial charge in [0.25, 0.3) is 0 Å². The average molecular weight is 222 g/mol. The zero-order chi connectivity index (χ0) is 11.2. The minimum Gasteiger partial charge on any atom is -0.166 e. The number of rotatable bonds is 1. The molecule has 0 N–H and O–H groups in total. The van der Waals surface area contributed by atoms with Gasteiger partial charge in [0.15, 0.2) is 0 Å². The number of benzene rings is 1. The fourth-order valence-electron chi connectivity index (χ4n) is 0.929. The second-order valence-electron chi connectivity index (χ2n) is 2.55. The van der Waals surface area contributed by atoms with E-state index in [0.29, 0.717) is 0 Å². The molecule has 1 aromatic carbocycles. The lowest BCUT2D eigenvalue weighted by Crippen LogP contribution is -2.04. The van der Waals surface area contributed by atoms with E-state index in [1.807, 2.05) is 13.6 Å². The van der Waals surface area contributed by atoms with Crippen LogP contribution in [0.25, 0.3) is 0 Å². The molecule has 0 bridgehead atoms. The molecule has 0 amide bonds. The Morgan fingerprint density at radius 2 is 1.50 bits per heavy atom. The number of hydrogen-bond acceptors (Lipinski definition) is 0. The summed E-state index contributed by atoms with van der Waals surface area (Å²) in [5.41, 5.74) is 0.336. The van der Waals surface area contributed by atoms with E-state index in [4.69, 9.17) is 0 Å². The van der Waals surface area contributed by atoms with Crippen LogP contribution in [0.15, 0.2) is 24.3 Å². The Bertz CT molecular complexity index is 251. The SMILES string of the molecule is CCc1ccc(C(F)(F)F)cc1.CP. The van der Waals surface area contributed by atoms with Gasteiger partial charge >= 0.3 is 6.18 Å². The van der Waals surface area contributed by atoms with Crippen molar-refractivity contribution in [3.05, 3.63) is 35.4 Å². The van der Waals surface area contributed by atoms with Crippen LogP contribution < -0.4 is 0 Å². The first-order valence-electron chi connectivity index (χ1n) is 4.28. The number of halogens is 3. The highest BCUT2D eigenvalue weighted by Gasteiger charge is 2.29. The van der Waals surface area contributed by atoms with Crippen LogP contribution in [0.2, 0.25) is 0 Å². The summed E-state index contributed by atoms with van der Waals surface area (Å²) in [4.78, 5) is 0. The molecule has 0 saturated carbocycles. The predicted molar refractivity (Wildman–Crippen MR) is 56.5 cm³/mol. The highest BCUT2D eigenvalue weighted by Crippen LogP contribution is 2.28. The second-order valence-corrected chi connectivity index (χ2v) is 2.55. The maximum absolute atomic E-state index is 12.0. The van der Waals surface area contributed by atoms with Crippen molar-refractivity contribution in [2.24, 2.45) is 0 Å². The van der Waals surface area contributed by atoms with Gasteiger partial charge in [0.2, 0.25) is 0 Å². The summed E-state index contributed by atoms with van der Waals surface area (Å²) < 4.78 is 36.1. The van der Waals surface area contributed by atoms with Gasteiger partial charge in [-0.05, 0) is 24.1 Å². The fraction of sp³-hybridized carbons (Fsp3) is 0.400. The van der Waals surface area contributed by atoms with E-state index in [1.165, 1.54) is 12.1 Å². The topological polar surface area (TPSA) is 0 Å². The molecule has 1 aromatic rings. The first-order valence-corrected chi connectivity index (χ1v) is 5.43. The van der Waals surface area contributed by atoms with Crippen molar-refractivity contribution < 1.29 is 13.2 Å². The van der Waals surface area contributed by atoms with Gasteiger partial charge in [-0.1, -0.05) is 25.7 Å². The predicted octanol–water partition coefficient (Wildman–Crippen LogP) is 3.76. The summed E-state index contributed by atoms with van der Waals surface area (Å²) in [7, 11) is 2.42. The molecule has 80 valence electrons. The van der Waals surface area contributed by atoms with Crippen LogP contribution >= 0.6 is 9.24 Å². The molecule has 4 heteroatoms. The lowest BCUT2D eigenvalue weighted by Gasteiger charge is -2.06. The summed E-state index contributed by atoms with van der Waals surface area (Å²) >= 11 is 0. The Labute approximate surface area is 84.7 Å². The van der Waals surface area contributed by atoms with E-state index in [-0.39, 0.29) is 0 Å². The molecule has 0 heterocycles. The third kappa shape index (κ3) is 4.10. The smallest absolute Gasteiger partial charge is 0.166 e. The Balaban J connectivity index is 0.000000791. The molecular formula is C10H14F3P. The van der Waals surface area contributed by atoms with Gasteiger partial charge in [0.05, 0.1) is 5.56 Å². The van der Waals surface area contributed by atoms with Crippen molar-refractivity contribution in [1.82, 2.24) is 0 Å². The Morgan fingerprint density at radius 3 is 1.79 bits per heavy atom. The zero-order valence-corrected chi connectivity index (χ0v) is 9.38. The van der Waals surface area contributed by atoms with Crippen LogP contribution in [0, 0.1) is 0 Å². The normalized spacial score (nSPS) is 10.4. The number of aryl methyl sites for hydroxylation is 1. The number of hydrogen-bond donors (Lipinski definition) is 0. The molecule has 0 fully saturated rings. The molecule has 0 aliphatic rings. The van der Waals surface area contributed by atoms with Crippen LogP contribution in [0.4, 0.5) is 13.2 Å². The highest BCUT2D eigenvalue weighted by atomic mass is 31.0. The minimum absolute atomic E-state index is 0.584. The van der Waals surface area contributed by atoms with Crippen molar-refractivity contribution in [2.75, 3.05) is 6.66 Å². The molecule has 0 saturated heterocycles. The van der Waals surface area contributed by atoms with E-state index in [2.05, 4.69) is 9.24 Å². The third-order valence-electron chi connectivity index (χ3n) is 1.69. The average Bonchev–Trinajstić information content (AvgIpc) is 2.20. The standard InChI is InChI=1S/C9H9F3.CH5P/c1-2-7-3-5-8(6-4-7)9(10,11)12;1-2/h3-6H,2H2,1H3;2H2,1H3. The lowest BCUT2D eigenvalue weighted by molar-refractivity contribution is -0.137. The second kappa shape index (κ2) is 6.02. The largest absolute Gasteiger partial charge is 0.416 e. The van der Waals surface area contributed by atoms with Crippen molar-refractivity contribution in [3.63, 3.8) is 0 Å². The van der Waals surface area contributed by atoms with Crippen LogP contribution in [0.5, 0.6) is 0 Å². The summed E-state index contributed by atoms with van der Waals surface area (Å²) in [5.74, 6) is 0. The van der Waals surface area contributed by atoms with Crippen molar-refractivity contribution in [3.8, 4) is 0 Å². The van der Waals surface area contributed by atoms with Gasteiger partial charge in [-0.25, -0.2) is 0 Å². The van der Waals surface area contributed by atoms with Crippen LogP contribution in [0.3, 0.4) is 0 Å². The van der Waals surface area contributed by atoms with Crippen molar-refractivity contribution in [2.45, 2.75) is 19.5 Å².